The number of nitriles is 1. The van der Waals surface area contributed by atoms with E-state index < -0.39 is 0 Å². The molecule has 0 aliphatic carbocycles. The molecular formula is C17H18N2O3S2. The Bertz CT molecular complexity index is 693. The van der Waals surface area contributed by atoms with Crippen LogP contribution in [0.3, 0.4) is 0 Å². The van der Waals surface area contributed by atoms with Gasteiger partial charge in [0.1, 0.15) is 0 Å². The van der Waals surface area contributed by atoms with Crippen molar-refractivity contribution < 1.29 is 14.3 Å². The molecule has 0 unspecified atom stereocenters. The zero-order valence-corrected chi connectivity index (χ0v) is 15.1. The smallest absolute Gasteiger partial charge is 0.316 e. The van der Waals surface area contributed by atoms with Crippen LogP contribution in [-0.2, 0) is 14.3 Å². The molecule has 1 atom stereocenters. The van der Waals surface area contributed by atoms with Crippen molar-refractivity contribution in [1.82, 2.24) is 5.32 Å². The fourth-order valence-corrected chi connectivity index (χ4v) is 3.67. The minimum Gasteiger partial charge on any atom is -0.465 e. The van der Waals surface area contributed by atoms with Gasteiger partial charge in [0.15, 0.2) is 0 Å². The molecule has 24 heavy (non-hydrogen) atoms. The van der Waals surface area contributed by atoms with Gasteiger partial charge in [-0.3, -0.25) is 9.59 Å². The molecular weight excluding hydrogens is 344 g/mol. The lowest BCUT2D eigenvalue weighted by atomic mass is 9.87. The van der Waals surface area contributed by atoms with Gasteiger partial charge >= 0.3 is 5.97 Å². The lowest BCUT2D eigenvalue weighted by Crippen LogP contribution is -2.31. The van der Waals surface area contributed by atoms with Gasteiger partial charge < -0.3 is 10.1 Å². The lowest BCUT2D eigenvalue weighted by Gasteiger charge is -2.25. The third-order valence-electron chi connectivity index (χ3n) is 3.51. The van der Waals surface area contributed by atoms with E-state index in [4.69, 9.17) is 4.74 Å². The number of esters is 1. The van der Waals surface area contributed by atoms with Gasteiger partial charge in [0, 0.05) is 17.2 Å². The molecule has 0 fully saturated rings. The molecule has 1 aliphatic heterocycles. The van der Waals surface area contributed by atoms with Crippen LogP contribution in [0, 0.1) is 11.3 Å². The van der Waals surface area contributed by atoms with Gasteiger partial charge in [0.2, 0.25) is 5.91 Å². The summed E-state index contributed by atoms with van der Waals surface area (Å²) in [5, 5.41) is 12.7. The summed E-state index contributed by atoms with van der Waals surface area (Å²) in [6, 6.07) is 10.0. The second-order valence-corrected chi connectivity index (χ2v) is 6.89. The van der Waals surface area contributed by atoms with E-state index in [-0.39, 0.29) is 30.0 Å². The van der Waals surface area contributed by atoms with Crippen LogP contribution < -0.4 is 5.32 Å². The van der Waals surface area contributed by atoms with E-state index in [1.165, 1.54) is 0 Å². The molecule has 1 heterocycles. The Balaban J connectivity index is 2.25. The van der Waals surface area contributed by atoms with Crippen molar-refractivity contribution in [3.8, 4) is 6.07 Å². The summed E-state index contributed by atoms with van der Waals surface area (Å²) in [6.07, 6.45) is 2.22. The summed E-state index contributed by atoms with van der Waals surface area (Å²) < 4.78 is 4.89. The van der Waals surface area contributed by atoms with Crippen molar-refractivity contribution in [2.75, 3.05) is 18.6 Å². The van der Waals surface area contributed by atoms with Crippen molar-refractivity contribution in [3.63, 3.8) is 0 Å². The minimum absolute atomic E-state index is 0.0623. The Morgan fingerprint density at radius 3 is 2.71 bits per heavy atom. The summed E-state index contributed by atoms with van der Waals surface area (Å²) in [4.78, 5) is 24.7. The predicted molar refractivity (Wildman–Crippen MR) is 95.5 cm³/mol. The number of hydrogen-bond acceptors (Lipinski definition) is 6. The van der Waals surface area contributed by atoms with Gasteiger partial charge in [0.25, 0.3) is 0 Å². The molecule has 0 saturated carbocycles. The van der Waals surface area contributed by atoms with Crippen LogP contribution in [0.1, 0.15) is 24.8 Å². The third kappa shape index (κ3) is 4.56. The first kappa shape index (κ1) is 18.4. The maximum absolute atomic E-state index is 12.0. The van der Waals surface area contributed by atoms with E-state index in [1.807, 2.05) is 30.5 Å². The highest BCUT2D eigenvalue weighted by Crippen LogP contribution is 2.36. The third-order valence-corrected chi connectivity index (χ3v) is 5.25. The summed E-state index contributed by atoms with van der Waals surface area (Å²) in [5.74, 6) is -0.746. The number of amides is 1. The highest BCUT2D eigenvalue weighted by molar-refractivity contribution is 8.03. The minimum atomic E-state index is -0.368. The topological polar surface area (TPSA) is 79.2 Å². The van der Waals surface area contributed by atoms with Crippen LogP contribution in [0.2, 0.25) is 0 Å². The number of allylic oxidation sites excluding steroid dienone is 1. The molecule has 2 rings (SSSR count). The van der Waals surface area contributed by atoms with Crippen molar-refractivity contribution in [1.29, 1.82) is 5.26 Å². The van der Waals surface area contributed by atoms with Crippen molar-refractivity contribution in [2.45, 2.75) is 24.2 Å². The number of hydrogen-bond donors (Lipinski definition) is 1. The van der Waals surface area contributed by atoms with Crippen LogP contribution in [0.5, 0.6) is 0 Å². The normalized spacial score (nSPS) is 17.2. The number of thioether (sulfide) groups is 2. The van der Waals surface area contributed by atoms with E-state index in [0.717, 1.165) is 22.2 Å². The Hall–Kier alpha value is -1.91. The van der Waals surface area contributed by atoms with E-state index in [9.17, 15) is 14.9 Å². The highest BCUT2D eigenvalue weighted by atomic mass is 32.2. The predicted octanol–water partition coefficient (Wildman–Crippen LogP) is 3.04. The summed E-state index contributed by atoms with van der Waals surface area (Å²) >= 11 is 2.77. The second-order valence-electron chi connectivity index (χ2n) is 5.03. The molecule has 0 spiro atoms. The number of carbonyl (C=O) groups is 2. The molecule has 1 aromatic rings. The summed E-state index contributed by atoms with van der Waals surface area (Å²) in [7, 11) is 0. The molecule has 0 radical (unpaired) electrons. The van der Waals surface area contributed by atoms with Crippen LogP contribution in [0.15, 0.2) is 39.8 Å². The molecule has 1 aromatic carbocycles. The monoisotopic (exact) mass is 362 g/mol. The SMILES string of the molecule is CCOC(=O)CSC1=C(C#N)[C@@H](c2ccc(SC)cc2)CC(=O)N1. The Labute approximate surface area is 149 Å². The summed E-state index contributed by atoms with van der Waals surface area (Å²) in [5.41, 5.74) is 1.41. The Morgan fingerprint density at radius 1 is 1.42 bits per heavy atom. The molecule has 7 heteroatoms. The first-order chi connectivity index (χ1) is 11.6. The largest absolute Gasteiger partial charge is 0.465 e. The zero-order valence-electron chi connectivity index (χ0n) is 13.5. The molecule has 0 bridgehead atoms. The van der Waals surface area contributed by atoms with Gasteiger partial charge in [-0.2, -0.15) is 5.26 Å². The van der Waals surface area contributed by atoms with Crippen LogP contribution >= 0.6 is 23.5 Å². The fourth-order valence-electron chi connectivity index (χ4n) is 2.39. The maximum Gasteiger partial charge on any atom is 0.316 e. The molecule has 5 nitrogen and oxygen atoms in total. The Kier molecular flexibility index (Phi) is 6.76. The molecule has 0 saturated heterocycles. The van der Waals surface area contributed by atoms with Gasteiger partial charge in [0.05, 0.1) is 29.0 Å². The highest BCUT2D eigenvalue weighted by Gasteiger charge is 2.29. The molecule has 0 aromatic heterocycles. The quantitative estimate of drug-likeness (QED) is 0.619. The van der Waals surface area contributed by atoms with E-state index in [0.29, 0.717) is 17.2 Å². The first-order valence-electron chi connectivity index (χ1n) is 7.45. The number of nitrogens with zero attached hydrogens (tertiary/aromatic N) is 1. The average Bonchev–Trinajstić information content (AvgIpc) is 2.59. The number of rotatable bonds is 6. The van der Waals surface area contributed by atoms with Gasteiger partial charge in [-0.1, -0.05) is 23.9 Å². The summed E-state index contributed by atoms with van der Waals surface area (Å²) in [6.45, 7) is 2.04. The van der Waals surface area contributed by atoms with Crippen molar-refractivity contribution >= 4 is 35.4 Å². The molecule has 1 N–H and O–H groups in total. The van der Waals surface area contributed by atoms with E-state index in [2.05, 4.69) is 11.4 Å². The fraction of sp³-hybridized carbons (Fsp3) is 0.353. The number of benzene rings is 1. The zero-order chi connectivity index (χ0) is 17.5. The molecule has 1 aliphatic rings. The number of nitrogens with one attached hydrogen (secondary N) is 1. The average molecular weight is 362 g/mol. The lowest BCUT2D eigenvalue weighted by molar-refractivity contribution is -0.139. The van der Waals surface area contributed by atoms with E-state index >= 15 is 0 Å². The first-order valence-corrected chi connectivity index (χ1v) is 9.66. The van der Waals surface area contributed by atoms with Gasteiger partial charge in [-0.05, 0) is 30.9 Å². The van der Waals surface area contributed by atoms with Crippen LogP contribution in [0.25, 0.3) is 0 Å². The number of ether oxygens (including phenoxy) is 1. The van der Waals surface area contributed by atoms with Gasteiger partial charge in [-0.15, -0.1) is 11.8 Å². The Morgan fingerprint density at radius 2 is 2.12 bits per heavy atom. The van der Waals surface area contributed by atoms with E-state index in [1.54, 1.807) is 18.7 Å². The van der Waals surface area contributed by atoms with Crippen LogP contribution in [-0.4, -0.2) is 30.5 Å². The molecule has 126 valence electrons. The van der Waals surface area contributed by atoms with Crippen LogP contribution in [0.4, 0.5) is 0 Å². The number of carbonyl (C=O) groups excluding carboxylic acids is 2. The maximum atomic E-state index is 12.0. The standard InChI is InChI=1S/C17H18N2O3S2/c1-3-22-16(21)10-24-17-14(9-18)13(8-15(20)19-17)11-4-6-12(23-2)7-5-11/h4-7,13H,3,8,10H2,1-2H3,(H,19,20)/t13-/m1/s1. The van der Waals surface area contributed by atoms with Crippen molar-refractivity contribution in [3.05, 3.63) is 40.4 Å². The molecule has 1 amide bonds. The van der Waals surface area contributed by atoms with Gasteiger partial charge in [-0.25, -0.2) is 0 Å². The van der Waals surface area contributed by atoms with Crippen molar-refractivity contribution in [2.24, 2.45) is 0 Å². The second kappa shape index (κ2) is 8.81.